The number of thioether (sulfide) groups is 1. The Hall–Kier alpha value is -2.69. The fourth-order valence-corrected chi connectivity index (χ4v) is 5.16. The molecule has 1 heterocycles. The van der Waals surface area contributed by atoms with E-state index in [0.717, 1.165) is 24.0 Å². The van der Waals surface area contributed by atoms with Gasteiger partial charge < -0.3 is 9.84 Å². The van der Waals surface area contributed by atoms with Crippen molar-refractivity contribution in [3.8, 4) is 0 Å². The van der Waals surface area contributed by atoms with E-state index in [9.17, 15) is 9.90 Å². The van der Waals surface area contributed by atoms with Crippen LogP contribution in [0.5, 0.6) is 0 Å². The molecule has 32 heavy (non-hydrogen) atoms. The molecular formula is C27H25ClO3S. The number of aliphatic hydroxyl groups excluding tert-OH is 1. The molecule has 0 bridgehead atoms. The number of carbonyl (C=O) groups excluding carboxylic acids is 1. The summed E-state index contributed by atoms with van der Waals surface area (Å²) in [6.45, 7) is 0. The first-order valence-corrected chi connectivity index (χ1v) is 12.0. The van der Waals surface area contributed by atoms with Crippen LogP contribution in [0.2, 0.25) is 5.02 Å². The van der Waals surface area contributed by atoms with Gasteiger partial charge in [-0.2, -0.15) is 0 Å². The van der Waals surface area contributed by atoms with E-state index in [1.165, 1.54) is 17.3 Å². The van der Waals surface area contributed by atoms with Gasteiger partial charge in [0.1, 0.15) is 16.3 Å². The number of hydrogen-bond donors (Lipinski definition) is 1. The summed E-state index contributed by atoms with van der Waals surface area (Å²) in [4.78, 5) is 13.3. The molecule has 0 amide bonds. The quantitative estimate of drug-likeness (QED) is 0.370. The van der Waals surface area contributed by atoms with Gasteiger partial charge in [-0.15, -0.1) is 11.8 Å². The number of rotatable bonds is 8. The molecule has 0 saturated carbocycles. The Bertz CT molecular complexity index is 1100. The molecule has 3 nitrogen and oxygen atoms in total. The molecule has 0 saturated heterocycles. The van der Waals surface area contributed by atoms with E-state index in [0.29, 0.717) is 22.1 Å². The lowest BCUT2D eigenvalue weighted by atomic mass is 9.82. The molecule has 164 valence electrons. The number of esters is 1. The zero-order chi connectivity index (χ0) is 22.4. The molecule has 0 spiro atoms. The standard InChI is InChI=1S/C27H25ClO3S/c28-23-13-7-10-21(18-23)15-17-32-25-24(29)19-27(31-26(25)30,22-11-5-2-6-12-22)16-14-20-8-3-1-4-9-20/h1-13,18,29H,14-17,19H2. The summed E-state index contributed by atoms with van der Waals surface area (Å²) in [5, 5.41) is 11.6. The van der Waals surface area contributed by atoms with Crippen molar-refractivity contribution in [3.05, 3.63) is 117 Å². The Kier molecular flexibility index (Phi) is 7.23. The highest BCUT2D eigenvalue weighted by atomic mass is 35.5. The Morgan fingerprint density at radius 3 is 2.28 bits per heavy atom. The highest BCUT2D eigenvalue weighted by Gasteiger charge is 2.43. The van der Waals surface area contributed by atoms with Gasteiger partial charge in [0, 0.05) is 10.8 Å². The molecule has 0 aliphatic carbocycles. The summed E-state index contributed by atoms with van der Waals surface area (Å²) >= 11 is 7.39. The van der Waals surface area contributed by atoms with Gasteiger partial charge in [0.25, 0.3) is 0 Å². The van der Waals surface area contributed by atoms with Crippen LogP contribution in [0.4, 0.5) is 0 Å². The fourth-order valence-electron chi connectivity index (χ4n) is 4.01. The van der Waals surface area contributed by atoms with E-state index >= 15 is 0 Å². The van der Waals surface area contributed by atoms with Crippen LogP contribution in [-0.2, 0) is 28.0 Å². The maximum absolute atomic E-state index is 13.0. The summed E-state index contributed by atoms with van der Waals surface area (Å²) in [5.74, 6) is 0.299. The molecule has 1 unspecified atom stereocenters. The lowest BCUT2D eigenvalue weighted by Gasteiger charge is -2.37. The molecule has 0 radical (unpaired) electrons. The smallest absolute Gasteiger partial charge is 0.348 e. The second-order valence-corrected chi connectivity index (χ2v) is 9.46. The second-order valence-electron chi connectivity index (χ2n) is 7.92. The lowest BCUT2D eigenvalue weighted by molar-refractivity contribution is -0.160. The van der Waals surface area contributed by atoms with E-state index in [1.54, 1.807) is 0 Å². The van der Waals surface area contributed by atoms with E-state index in [1.807, 2.05) is 72.8 Å². The van der Waals surface area contributed by atoms with Crippen LogP contribution in [0.3, 0.4) is 0 Å². The SMILES string of the molecule is O=C1OC(CCc2ccccc2)(c2ccccc2)CC(O)=C1SCCc1cccc(Cl)c1. The van der Waals surface area contributed by atoms with E-state index in [-0.39, 0.29) is 12.2 Å². The average Bonchev–Trinajstić information content (AvgIpc) is 2.81. The number of halogens is 1. The highest BCUT2D eigenvalue weighted by molar-refractivity contribution is 8.04. The van der Waals surface area contributed by atoms with Crippen LogP contribution >= 0.6 is 23.4 Å². The van der Waals surface area contributed by atoms with Crippen molar-refractivity contribution < 1.29 is 14.6 Å². The monoisotopic (exact) mass is 464 g/mol. The Morgan fingerprint density at radius 1 is 0.906 bits per heavy atom. The largest absolute Gasteiger partial charge is 0.511 e. The van der Waals surface area contributed by atoms with E-state index < -0.39 is 11.6 Å². The average molecular weight is 465 g/mol. The van der Waals surface area contributed by atoms with Gasteiger partial charge in [-0.3, -0.25) is 0 Å². The topological polar surface area (TPSA) is 46.5 Å². The minimum atomic E-state index is -0.880. The molecule has 5 heteroatoms. The van der Waals surface area contributed by atoms with Crippen LogP contribution in [-0.4, -0.2) is 16.8 Å². The van der Waals surface area contributed by atoms with Crippen molar-refractivity contribution >= 4 is 29.3 Å². The summed E-state index contributed by atoms with van der Waals surface area (Å²) in [6, 6.07) is 27.5. The third-order valence-electron chi connectivity index (χ3n) is 5.67. The molecule has 1 N–H and O–H groups in total. The Morgan fingerprint density at radius 2 is 1.59 bits per heavy atom. The van der Waals surface area contributed by atoms with Gasteiger partial charge in [-0.25, -0.2) is 4.79 Å². The van der Waals surface area contributed by atoms with Gasteiger partial charge in [0.05, 0.1) is 6.42 Å². The third-order valence-corrected chi connectivity index (χ3v) is 7.01. The van der Waals surface area contributed by atoms with Gasteiger partial charge in [0.2, 0.25) is 0 Å². The number of benzene rings is 3. The first kappa shape index (κ1) is 22.5. The van der Waals surface area contributed by atoms with Crippen molar-refractivity contribution in [3.63, 3.8) is 0 Å². The van der Waals surface area contributed by atoms with Crippen molar-refractivity contribution in [2.24, 2.45) is 0 Å². The molecule has 1 aliphatic heterocycles. The molecule has 1 atom stereocenters. The maximum atomic E-state index is 13.0. The van der Waals surface area contributed by atoms with Gasteiger partial charge in [-0.05, 0) is 48.1 Å². The minimum absolute atomic E-state index is 0.106. The predicted molar refractivity (Wildman–Crippen MR) is 131 cm³/mol. The fraction of sp³-hybridized carbons (Fsp3) is 0.222. The zero-order valence-corrected chi connectivity index (χ0v) is 19.2. The minimum Gasteiger partial charge on any atom is -0.511 e. The van der Waals surface area contributed by atoms with Crippen LogP contribution in [0, 0.1) is 0 Å². The summed E-state index contributed by atoms with van der Waals surface area (Å²) in [5.41, 5.74) is 2.29. The number of carbonyl (C=O) groups is 1. The summed E-state index contributed by atoms with van der Waals surface area (Å²) in [7, 11) is 0. The molecule has 1 aliphatic rings. The van der Waals surface area contributed by atoms with Crippen LogP contribution < -0.4 is 0 Å². The molecule has 0 fully saturated rings. The first-order chi connectivity index (χ1) is 15.6. The number of cyclic esters (lactones) is 1. The van der Waals surface area contributed by atoms with Gasteiger partial charge in [-0.1, -0.05) is 84.4 Å². The predicted octanol–water partition coefficient (Wildman–Crippen LogP) is 6.86. The van der Waals surface area contributed by atoms with Crippen LogP contribution in [0.1, 0.15) is 29.5 Å². The zero-order valence-electron chi connectivity index (χ0n) is 17.7. The van der Waals surface area contributed by atoms with Crippen molar-refractivity contribution in [1.82, 2.24) is 0 Å². The Labute approximate surface area is 198 Å². The Balaban J connectivity index is 1.51. The number of hydrogen-bond acceptors (Lipinski definition) is 4. The van der Waals surface area contributed by atoms with Gasteiger partial charge >= 0.3 is 5.97 Å². The second kappa shape index (κ2) is 10.3. The number of aliphatic hydroxyl groups is 1. The molecule has 3 aromatic carbocycles. The summed E-state index contributed by atoms with van der Waals surface area (Å²) < 4.78 is 6.09. The molecule has 3 aromatic rings. The number of ether oxygens (including phenoxy) is 1. The third kappa shape index (κ3) is 5.37. The molecule has 0 aromatic heterocycles. The number of aryl methyl sites for hydroxylation is 2. The van der Waals surface area contributed by atoms with Gasteiger partial charge in [0.15, 0.2) is 0 Å². The van der Waals surface area contributed by atoms with Crippen molar-refractivity contribution in [2.75, 3.05) is 5.75 Å². The molecular weight excluding hydrogens is 440 g/mol. The highest BCUT2D eigenvalue weighted by Crippen LogP contribution is 2.43. The van der Waals surface area contributed by atoms with Crippen LogP contribution in [0.15, 0.2) is 95.6 Å². The molecule has 4 rings (SSSR count). The van der Waals surface area contributed by atoms with Crippen molar-refractivity contribution in [1.29, 1.82) is 0 Å². The maximum Gasteiger partial charge on any atom is 0.348 e. The first-order valence-electron chi connectivity index (χ1n) is 10.7. The summed E-state index contributed by atoms with van der Waals surface area (Å²) in [6.07, 6.45) is 2.35. The normalized spacial score (nSPS) is 18.5. The van der Waals surface area contributed by atoms with Crippen LogP contribution in [0.25, 0.3) is 0 Å². The van der Waals surface area contributed by atoms with E-state index in [4.69, 9.17) is 16.3 Å². The van der Waals surface area contributed by atoms with Crippen molar-refractivity contribution in [2.45, 2.75) is 31.3 Å². The lowest BCUT2D eigenvalue weighted by Crippen LogP contribution is -2.38. The van der Waals surface area contributed by atoms with E-state index in [2.05, 4.69) is 12.1 Å².